The van der Waals surface area contributed by atoms with Gasteiger partial charge in [-0.3, -0.25) is 4.79 Å². The van der Waals surface area contributed by atoms with Crippen LogP contribution in [0.15, 0.2) is 30.5 Å². The van der Waals surface area contributed by atoms with Gasteiger partial charge in [-0.15, -0.1) is 0 Å². The minimum atomic E-state index is -0.613. The fourth-order valence-corrected chi connectivity index (χ4v) is 3.55. The van der Waals surface area contributed by atoms with Gasteiger partial charge in [0.15, 0.2) is 11.5 Å². The third-order valence-electron chi connectivity index (χ3n) is 4.84. The number of carbonyl (C=O) groups excluding carboxylic acids is 1. The Balaban J connectivity index is 1.49. The second-order valence-electron chi connectivity index (χ2n) is 6.75. The number of aromatic nitrogens is 1. The van der Waals surface area contributed by atoms with Crippen LogP contribution in [0, 0.1) is 5.82 Å². The van der Waals surface area contributed by atoms with E-state index in [1.807, 2.05) is 0 Å². The molecule has 4 rings (SSSR count). The first-order valence-electron chi connectivity index (χ1n) is 9.02. The maximum atomic E-state index is 13.7. The Kier molecular flexibility index (Phi) is 5.50. The summed E-state index contributed by atoms with van der Waals surface area (Å²) in [5.41, 5.74) is 0.0373. The summed E-state index contributed by atoms with van der Waals surface area (Å²) in [7, 11) is 0. The first kappa shape index (κ1) is 18.8. The zero-order valence-electron chi connectivity index (χ0n) is 14.9. The molecule has 0 saturated heterocycles. The maximum Gasteiger partial charge on any atom is 0.257 e. The van der Waals surface area contributed by atoms with Crippen molar-refractivity contribution < 1.29 is 23.4 Å². The van der Waals surface area contributed by atoms with E-state index in [0.29, 0.717) is 17.2 Å². The third kappa shape index (κ3) is 4.13. The van der Waals surface area contributed by atoms with Gasteiger partial charge in [0.1, 0.15) is 17.1 Å². The third-order valence-corrected chi connectivity index (χ3v) is 5.15. The number of benzene rings is 1. The molecule has 0 atom stereocenters. The Bertz CT molecular complexity index is 874. The van der Waals surface area contributed by atoms with Gasteiger partial charge in [0.25, 0.3) is 5.91 Å². The summed E-state index contributed by atoms with van der Waals surface area (Å²) in [5.74, 6) is 0.540. The quantitative estimate of drug-likeness (QED) is 0.738. The number of amides is 1. The van der Waals surface area contributed by atoms with Crippen molar-refractivity contribution in [2.24, 2.45) is 0 Å². The minimum Gasteiger partial charge on any atom is -0.454 e. The lowest BCUT2D eigenvalue weighted by atomic mass is 9.91. The Morgan fingerprint density at radius 1 is 1.14 bits per heavy atom. The van der Waals surface area contributed by atoms with Gasteiger partial charge in [0.2, 0.25) is 12.7 Å². The van der Waals surface area contributed by atoms with Crippen molar-refractivity contribution in [3.63, 3.8) is 0 Å². The molecule has 1 saturated carbocycles. The molecule has 9 heteroatoms. The highest BCUT2D eigenvalue weighted by Gasteiger charge is 2.24. The van der Waals surface area contributed by atoms with Crippen LogP contribution in [0.3, 0.4) is 0 Å². The molecular formula is C19H19ClFN3O4. The van der Waals surface area contributed by atoms with Crippen LogP contribution in [0.2, 0.25) is 0 Å². The molecule has 2 aromatic rings. The van der Waals surface area contributed by atoms with E-state index in [0.717, 1.165) is 37.9 Å². The molecule has 0 bridgehead atoms. The summed E-state index contributed by atoms with van der Waals surface area (Å²) >= 11 is 5.66. The monoisotopic (exact) mass is 407 g/mol. The number of hydrogen-bond donors (Lipinski definition) is 2. The van der Waals surface area contributed by atoms with Crippen molar-refractivity contribution in [2.75, 3.05) is 6.79 Å². The summed E-state index contributed by atoms with van der Waals surface area (Å²) in [4.78, 5) is 19.4. The molecule has 1 aromatic heterocycles. The largest absolute Gasteiger partial charge is 0.454 e. The number of nitrogens with zero attached hydrogens (tertiary/aromatic N) is 1. The van der Waals surface area contributed by atoms with Gasteiger partial charge >= 0.3 is 0 Å². The second-order valence-corrected chi connectivity index (χ2v) is 6.97. The number of halogens is 2. The highest BCUT2D eigenvalue weighted by atomic mass is 35.5. The minimum absolute atomic E-state index is 0.00423. The van der Waals surface area contributed by atoms with Crippen LogP contribution in [-0.4, -0.2) is 29.8 Å². The van der Waals surface area contributed by atoms with Gasteiger partial charge in [-0.05, 0) is 55.7 Å². The van der Waals surface area contributed by atoms with Crippen LogP contribution in [0.1, 0.15) is 36.0 Å². The molecule has 1 aromatic carbocycles. The second kappa shape index (κ2) is 8.20. The molecule has 0 spiro atoms. The van der Waals surface area contributed by atoms with Crippen molar-refractivity contribution in [3.05, 3.63) is 41.8 Å². The van der Waals surface area contributed by atoms with Crippen LogP contribution < -0.4 is 24.4 Å². The molecule has 0 unspecified atom stereocenters. The normalized spacial score (nSPS) is 20.6. The van der Waals surface area contributed by atoms with Gasteiger partial charge in [-0.25, -0.2) is 14.2 Å². The Morgan fingerprint density at radius 3 is 2.68 bits per heavy atom. The number of carbonyl (C=O) groups is 1. The summed E-state index contributed by atoms with van der Waals surface area (Å²) < 4.78 is 30.1. The van der Waals surface area contributed by atoms with E-state index < -0.39 is 11.7 Å². The van der Waals surface area contributed by atoms with Crippen LogP contribution in [-0.2, 0) is 0 Å². The van der Waals surface area contributed by atoms with Crippen molar-refractivity contribution in [1.82, 2.24) is 15.1 Å². The molecule has 28 heavy (non-hydrogen) atoms. The van der Waals surface area contributed by atoms with Crippen molar-refractivity contribution in [1.29, 1.82) is 0 Å². The van der Waals surface area contributed by atoms with Crippen LogP contribution in [0.5, 0.6) is 23.1 Å². The number of nitrogens with one attached hydrogen (secondary N) is 2. The molecule has 1 fully saturated rings. The molecule has 2 N–H and O–H groups in total. The molecule has 1 amide bonds. The molecule has 148 valence electrons. The number of ether oxygens (including phenoxy) is 3. The van der Waals surface area contributed by atoms with Crippen molar-refractivity contribution >= 4 is 17.7 Å². The number of rotatable bonds is 5. The molecular weight excluding hydrogens is 389 g/mol. The summed E-state index contributed by atoms with van der Waals surface area (Å²) in [6.07, 6.45) is 4.30. The standard InChI is InChI=1S/C19H19ClFN3O4/c20-24-13-3-1-12(2-4-13)23-18(25)15-7-11(21)9-22-19(15)28-14-5-6-16-17(8-14)27-10-26-16/h5-9,12-13,24H,1-4,10H2,(H,23,25). The average Bonchev–Trinajstić information content (AvgIpc) is 3.18. The zero-order chi connectivity index (χ0) is 19.5. The van der Waals surface area contributed by atoms with Gasteiger partial charge in [-0.1, -0.05) is 0 Å². The number of hydrogen-bond acceptors (Lipinski definition) is 6. The highest BCUT2D eigenvalue weighted by Crippen LogP contribution is 2.36. The van der Waals surface area contributed by atoms with Crippen LogP contribution in [0.25, 0.3) is 0 Å². The predicted octanol–water partition coefficient (Wildman–Crippen LogP) is 3.53. The lowest BCUT2D eigenvalue weighted by molar-refractivity contribution is 0.0921. The lowest BCUT2D eigenvalue weighted by Crippen LogP contribution is -2.40. The van der Waals surface area contributed by atoms with Crippen molar-refractivity contribution in [2.45, 2.75) is 37.8 Å². The van der Waals surface area contributed by atoms with E-state index in [9.17, 15) is 9.18 Å². The molecule has 7 nitrogen and oxygen atoms in total. The van der Waals surface area contributed by atoms with Crippen molar-refractivity contribution in [3.8, 4) is 23.1 Å². The van der Waals surface area contributed by atoms with Gasteiger partial charge in [0, 0.05) is 18.2 Å². The van der Waals surface area contributed by atoms with E-state index in [1.54, 1.807) is 18.2 Å². The Hall–Kier alpha value is -2.58. The van der Waals surface area contributed by atoms with E-state index in [2.05, 4.69) is 15.1 Å². The predicted molar refractivity (Wildman–Crippen MR) is 99.3 cm³/mol. The number of fused-ring (bicyclic) bond motifs is 1. The summed E-state index contributed by atoms with van der Waals surface area (Å²) in [5, 5.41) is 2.93. The first-order chi connectivity index (χ1) is 13.6. The smallest absolute Gasteiger partial charge is 0.257 e. The fraction of sp³-hybridized carbons (Fsp3) is 0.368. The number of pyridine rings is 1. The van der Waals surface area contributed by atoms with Gasteiger partial charge in [0.05, 0.1) is 6.20 Å². The SMILES string of the molecule is O=C(NC1CCC(NCl)CC1)c1cc(F)cnc1Oc1ccc2c(c1)OCO2. The van der Waals surface area contributed by atoms with E-state index in [1.165, 1.54) is 0 Å². The molecule has 1 aliphatic carbocycles. The van der Waals surface area contributed by atoms with E-state index in [4.69, 9.17) is 26.0 Å². The lowest BCUT2D eigenvalue weighted by Gasteiger charge is -2.28. The summed E-state index contributed by atoms with van der Waals surface area (Å²) in [6.45, 7) is 0.142. The fourth-order valence-electron chi connectivity index (χ4n) is 3.33. The average molecular weight is 408 g/mol. The van der Waals surface area contributed by atoms with Gasteiger partial charge < -0.3 is 19.5 Å². The van der Waals surface area contributed by atoms with E-state index in [-0.39, 0.29) is 30.3 Å². The van der Waals surface area contributed by atoms with Crippen LogP contribution in [0.4, 0.5) is 4.39 Å². The Labute approximate surface area is 166 Å². The Morgan fingerprint density at radius 2 is 1.89 bits per heavy atom. The zero-order valence-corrected chi connectivity index (χ0v) is 15.7. The maximum absolute atomic E-state index is 13.7. The first-order valence-corrected chi connectivity index (χ1v) is 9.40. The topological polar surface area (TPSA) is 81.7 Å². The highest BCUT2D eigenvalue weighted by molar-refractivity contribution is 6.13. The van der Waals surface area contributed by atoms with Crippen LogP contribution >= 0.6 is 11.8 Å². The molecule has 0 radical (unpaired) electrons. The molecule has 2 heterocycles. The van der Waals surface area contributed by atoms with E-state index >= 15 is 0 Å². The molecule has 2 aliphatic rings. The van der Waals surface area contributed by atoms with Gasteiger partial charge in [-0.2, -0.15) is 0 Å². The molecule has 1 aliphatic heterocycles. The summed E-state index contributed by atoms with van der Waals surface area (Å²) in [6, 6.07) is 6.36.